The Hall–Kier alpha value is -3.90. The van der Waals surface area contributed by atoms with Crippen molar-refractivity contribution in [2.75, 3.05) is 0 Å². The van der Waals surface area contributed by atoms with Gasteiger partial charge in [0.25, 0.3) is 0 Å². The molecule has 34 heavy (non-hydrogen) atoms. The topological polar surface area (TPSA) is 0 Å². The van der Waals surface area contributed by atoms with Gasteiger partial charge in [0, 0.05) is 11.8 Å². The summed E-state index contributed by atoms with van der Waals surface area (Å²) in [5.41, 5.74) is 14.2. The molecule has 0 heteroatoms. The number of benzene rings is 5. The average molecular weight is 433 g/mol. The van der Waals surface area contributed by atoms with Crippen LogP contribution in [0.4, 0.5) is 0 Å². The summed E-state index contributed by atoms with van der Waals surface area (Å²) in [5, 5.41) is 5.67. The lowest BCUT2D eigenvalue weighted by molar-refractivity contribution is 0.770. The smallest absolute Gasteiger partial charge is 0.0138 e. The molecule has 0 aliphatic heterocycles. The van der Waals surface area contributed by atoms with E-state index in [1.165, 1.54) is 77.2 Å². The molecule has 8 rings (SSSR count). The Morgan fingerprint density at radius 2 is 1.44 bits per heavy atom. The van der Waals surface area contributed by atoms with Crippen LogP contribution in [0.15, 0.2) is 97.1 Å². The van der Waals surface area contributed by atoms with Crippen LogP contribution in [0, 0.1) is 13.8 Å². The van der Waals surface area contributed by atoms with Gasteiger partial charge in [-0.2, -0.15) is 0 Å². The van der Waals surface area contributed by atoms with Gasteiger partial charge < -0.3 is 0 Å². The summed E-state index contributed by atoms with van der Waals surface area (Å²) in [4.78, 5) is 0. The first-order valence-corrected chi connectivity index (χ1v) is 12.3. The van der Waals surface area contributed by atoms with Crippen molar-refractivity contribution in [3.05, 3.63) is 119 Å². The van der Waals surface area contributed by atoms with Crippen molar-refractivity contribution in [3.8, 4) is 33.4 Å². The van der Waals surface area contributed by atoms with E-state index in [0.717, 1.165) is 0 Å². The van der Waals surface area contributed by atoms with E-state index in [1.807, 2.05) is 0 Å². The molecule has 0 spiro atoms. The molecule has 0 aromatic heterocycles. The van der Waals surface area contributed by atoms with Gasteiger partial charge in [0.1, 0.15) is 0 Å². The second-order valence-corrected chi connectivity index (χ2v) is 10.2. The van der Waals surface area contributed by atoms with Gasteiger partial charge in [0.15, 0.2) is 0 Å². The van der Waals surface area contributed by atoms with E-state index in [-0.39, 0.29) is 0 Å². The van der Waals surface area contributed by atoms with Crippen LogP contribution in [-0.4, -0.2) is 0 Å². The summed E-state index contributed by atoms with van der Waals surface area (Å²) in [6.45, 7) is 4.53. The Kier molecular flexibility index (Phi) is 3.46. The Labute approximate surface area is 199 Å². The molecule has 0 saturated heterocycles. The van der Waals surface area contributed by atoms with Gasteiger partial charge in [-0.25, -0.2) is 0 Å². The van der Waals surface area contributed by atoms with E-state index >= 15 is 0 Å². The molecule has 5 aromatic rings. The highest BCUT2D eigenvalue weighted by Gasteiger charge is 2.40. The Balaban J connectivity index is 1.67. The van der Waals surface area contributed by atoms with Crippen LogP contribution in [0.5, 0.6) is 0 Å². The molecule has 0 bridgehead atoms. The lowest BCUT2D eigenvalue weighted by atomic mass is 9.81. The zero-order valence-corrected chi connectivity index (χ0v) is 19.4. The Bertz CT molecular complexity index is 1760. The molecule has 0 fully saturated rings. The second-order valence-electron chi connectivity index (χ2n) is 10.2. The average Bonchev–Trinajstić information content (AvgIpc) is 3.38. The van der Waals surface area contributed by atoms with E-state index < -0.39 is 0 Å². The van der Waals surface area contributed by atoms with Gasteiger partial charge >= 0.3 is 0 Å². The van der Waals surface area contributed by atoms with Crippen LogP contribution in [-0.2, 0) is 0 Å². The van der Waals surface area contributed by atoms with Gasteiger partial charge in [0.05, 0.1) is 0 Å². The van der Waals surface area contributed by atoms with Crippen molar-refractivity contribution in [3.63, 3.8) is 0 Å². The van der Waals surface area contributed by atoms with Crippen molar-refractivity contribution >= 4 is 21.5 Å². The van der Waals surface area contributed by atoms with Crippen molar-refractivity contribution < 1.29 is 0 Å². The molecule has 0 nitrogen and oxygen atoms in total. The number of hydrogen-bond donors (Lipinski definition) is 0. The highest BCUT2D eigenvalue weighted by molar-refractivity contribution is 6.25. The van der Waals surface area contributed by atoms with E-state index in [2.05, 4.69) is 111 Å². The predicted octanol–water partition coefficient (Wildman–Crippen LogP) is 9.23. The largest absolute Gasteiger partial charge is 0.0761 e. The Morgan fingerprint density at radius 3 is 2.29 bits per heavy atom. The molecule has 0 saturated carbocycles. The standard InChI is InChI=1S/C34H24/c1-19-17-22-16-15-20(2)28-30(22)27(18-19)33-32-25-12-7-6-11-23(25)24-13-8-14-26(31(24)32)29(34(28)33)21-9-4-3-5-10-21/h3-18,23,25H,1-2H3. The number of fused-ring (bicyclic) bond motifs is 7. The molecule has 0 N–H and O–H groups in total. The second kappa shape index (κ2) is 6.36. The van der Waals surface area contributed by atoms with E-state index in [9.17, 15) is 0 Å². The van der Waals surface area contributed by atoms with Gasteiger partial charge in [-0.3, -0.25) is 0 Å². The summed E-state index contributed by atoms with van der Waals surface area (Å²) >= 11 is 0. The molecule has 5 aromatic carbocycles. The SMILES string of the molecule is Cc1cc2c3c(c(C)ccc3c1)-c1c-2c2c3c(cccc3c1-c1ccccc1)C1C=CC=CC21. The van der Waals surface area contributed by atoms with Crippen LogP contribution in [0.2, 0.25) is 0 Å². The third kappa shape index (κ3) is 2.14. The third-order valence-corrected chi connectivity index (χ3v) is 8.28. The van der Waals surface area contributed by atoms with Crippen molar-refractivity contribution in [2.45, 2.75) is 25.7 Å². The lowest BCUT2D eigenvalue weighted by Gasteiger charge is -2.22. The normalized spacial score (nSPS) is 18.6. The fourth-order valence-electron chi connectivity index (χ4n) is 7.06. The minimum atomic E-state index is 0.397. The molecule has 160 valence electrons. The minimum absolute atomic E-state index is 0.397. The fraction of sp³-hybridized carbons (Fsp3) is 0.118. The zero-order valence-electron chi connectivity index (χ0n) is 19.4. The molecular weight excluding hydrogens is 408 g/mol. The van der Waals surface area contributed by atoms with E-state index in [0.29, 0.717) is 11.8 Å². The van der Waals surface area contributed by atoms with Crippen LogP contribution >= 0.6 is 0 Å². The summed E-state index contributed by atoms with van der Waals surface area (Å²) in [7, 11) is 0. The summed E-state index contributed by atoms with van der Waals surface area (Å²) < 4.78 is 0. The molecule has 2 unspecified atom stereocenters. The highest BCUT2D eigenvalue weighted by atomic mass is 14.4. The number of rotatable bonds is 1. The van der Waals surface area contributed by atoms with Crippen LogP contribution < -0.4 is 0 Å². The first-order valence-electron chi connectivity index (χ1n) is 12.3. The quantitative estimate of drug-likeness (QED) is 0.243. The van der Waals surface area contributed by atoms with Crippen molar-refractivity contribution in [1.29, 1.82) is 0 Å². The number of allylic oxidation sites excluding steroid dienone is 4. The predicted molar refractivity (Wildman–Crippen MR) is 145 cm³/mol. The first-order chi connectivity index (χ1) is 16.7. The van der Waals surface area contributed by atoms with E-state index in [4.69, 9.17) is 0 Å². The third-order valence-electron chi connectivity index (χ3n) is 8.28. The van der Waals surface area contributed by atoms with Gasteiger partial charge in [-0.15, -0.1) is 0 Å². The molecule has 3 aliphatic rings. The molecule has 3 aliphatic carbocycles. The molecule has 0 radical (unpaired) electrons. The van der Waals surface area contributed by atoms with Crippen LogP contribution in [0.3, 0.4) is 0 Å². The summed E-state index contributed by atoms with van der Waals surface area (Å²) in [6, 6.07) is 27.5. The molecular formula is C34H24. The lowest BCUT2D eigenvalue weighted by Crippen LogP contribution is -2.03. The monoisotopic (exact) mass is 432 g/mol. The summed E-state index contributed by atoms with van der Waals surface area (Å²) in [5.74, 6) is 0.817. The highest BCUT2D eigenvalue weighted by Crippen LogP contribution is 2.62. The van der Waals surface area contributed by atoms with Gasteiger partial charge in [-0.05, 0) is 91.0 Å². The number of aryl methyl sites for hydroxylation is 2. The van der Waals surface area contributed by atoms with Crippen LogP contribution in [0.25, 0.3) is 54.9 Å². The minimum Gasteiger partial charge on any atom is -0.0761 e. The van der Waals surface area contributed by atoms with Gasteiger partial charge in [0.2, 0.25) is 0 Å². The maximum absolute atomic E-state index is 2.44. The maximum Gasteiger partial charge on any atom is 0.0138 e. The van der Waals surface area contributed by atoms with Crippen molar-refractivity contribution in [1.82, 2.24) is 0 Å². The molecule has 0 heterocycles. The summed E-state index contributed by atoms with van der Waals surface area (Å²) in [6.07, 6.45) is 9.32. The first kappa shape index (κ1) is 18.5. The molecule has 0 amide bonds. The van der Waals surface area contributed by atoms with E-state index in [1.54, 1.807) is 0 Å². The fourth-order valence-corrected chi connectivity index (χ4v) is 7.06. The molecule has 2 atom stereocenters. The van der Waals surface area contributed by atoms with Crippen molar-refractivity contribution in [2.24, 2.45) is 0 Å². The number of hydrogen-bond acceptors (Lipinski definition) is 0. The Morgan fingerprint density at radius 1 is 0.618 bits per heavy atom. The zero-order chi connectivity index (χ0) is 22.6. The maximum atomic E-state index is 2.44. The van der Waals surface area contributed by atoms with Gasteiger partial charge in [-0.1, -0.05) is 97.1 Å². The van der Waals surface area contributed by atoms with Crippen LogP contribution in [0.1, 0.15) is 34.1 Å².